The number of hydrogen-bond donors (Lipinski definition) is 2. The molecule has 3 aromatic rings. The summed E-state index contributed by atoms with van der Waals surface area (Å²) in [6, 6.07) is 13.1. The van der Waals surface area contributed by atoms with Crippen molar-refractivity contribution < 1.29 is 28.2 Å². The van der Waals surface area contributed by atoms with Crippen LogP contribution in [0.5, 0.6) is 5.75 Å². The number of carbonyl (C=O) groups excluding carboxylic acids is 2. The average molecular weight is 536 g/mol. The minimum absolute atomic E-state index is 0.0324. The lowest BCUT2D eigenvalue weighted by Gasteiger charge is -2.51. The third-order valence-corrected chi connectivity index (χ3v) is 8.13. The molecule has 6 rings (SSSR count). The summed E-state index contributed by atoms with van der Waals surface area (Å²) in [6.07, 6.45) is 3.20. The van der Waals surface area contributed by atoms with E-state index in [1.165, 1.54) is 22.4 Å². The molecule has 0 radical (unpaired) electrons. The van der Waals surface area contributed by atoms with Gasteiger partial charge in [-0.3, -0.25) is 14.4 Å². The second-order valence-electron chi connectivity index (χ2n) is 10.4. The van der Waals surface area contributed by atoms with Crippen LogP contribution in [-0.4, -0.2) is 45.3 Å². The van der Waals surface area contributed by atoms with Gasteiger partial charge in [0.2, 0.25) is 5.43 Å². The summed E-state index contributed by atoms with van der Waals surface area (Å²) in [5.41, 5.74) is -0.258. The van der Waals surface area contributed by atoms with Gasteiger partial charge >= 0.3 is 0 Å². The van der Waals surface area contributed by atoms with Gasteiger partial charge < -0.3 is 24.6 Å². The number of nitrogens with zero attached hydrogens (tertiary/aromatic N) is 2. The smallest absolute Gasteiger partial charge is 0.276 e. The predicted molar refractivity (Wildman–Crippen MR) is 136 cm³/mol. The van der Waals surface area contributed by atoms with Crippen molar-refractivity contribution >= 4 is 11.8 Å². The average Bonchev–Trinajstić information content (AvgIpc) is 2.94. The third kappa shape index (κ3) is 4.48. The summed E-state index contributed by atoms with van der Waals surface area (Å²) < 4.78 is 34.6. The number of hydrogen-bond acceptors (Lipinski definition) is 5. The molecular weight excluding hydrogens is 508 g/mol. The quantitative estimate of drug-likeness (QED) is 0.533. The van der Waals surface area contributed by atoms with Gasteiger partial charge in [0.05, 0.1) is 13.2 Å². The number of fused-ring (bicyclic) bond motifs is 4. The van der Waals surface area contributed by atoms with E-state index in [2.05, 4.69) is 17.4 Å². The molecule has 0 spiro atoms. The first kappa shape index (κ1) is 25.2. The van der Waals surface area contributed by atoms with Gasteiger partial charge in [0.15, 0.2) is 17.7 Å². The molecule has 0 bridgehead atoms. The Labute approximate surface area is 222 Å². The fourth-order valence-electron chi connectivity index (χ4n) is 6.18. The molecule has 0 unspecified atom stereocenters. The van der Waals surface area contributed by atoms with E-state index in [4.69, 9.17) is 4.74 Å². The lowest BCUT2D eigenvalue weighted by atomic mass is 9.74. The van der Waals surface area contributed by atoms with Gasteiger partial charge in [0.1, 0.15) is 17.2 Å². The van der Waals surface area contributed by atoms with E-state index in [9.17, 15) is 28.3 Å². The van der Waals surface area contributed by atoms with Crippen LogP contribution < -0.4 is 10.7 Å². The highest BCUT2D eigenvalue weighted by Crippen LogP contribution is 2.43. The van der Waals surface area contributed by atoms with Crippen molar-refractivity contribution in [3.8, 4) is 5.75 Å². The van der Waals surface area contributed by atoms with Crippen LogP contribution >= 0.6 is 0 Å². The Bertz CT molecular complexity index is 1510. The number of amides is 2. The minimum atomic E-state index is -0.993. The van der Waals surface area contributed by atoms with Crippen molar-refractivity contribution in [2.75, 3.05) is 6.61 Å². The van der Waals surface area contributed by atoms with Crippen molar-refractivity contribution in [1.29, 1.82) is 0 Å². The fourth-order valence-corrected chi connectivity index (χ4v) is 6.18. The molecule has 1 saturated carbocycles. The van der Waals surface area contributed by atoms with Crippen molar-refractivity contribution in [3.05, 3.63) is 99.0 Å². The van der Waals surface area contributed by atoms with Crippen LogP contribution in [0.1, 0.15) is 57.2 Å². The lowest BCUT2D eigenvalue weighted by Crippen LogP contribution is -2.62. The number of halogens is 2. The van der Waals surface area contributed by atoms with Crippen molar-refractivity contribution in [2.24, 2.45) is 5.92 Å². The molecule has 1 saturated heterocycles. The summed E-state index contributed by atoms with van der Waals surface area (Å²) in [6.45, 7) is 0.339. The zero-order chi connectivity index (χ0) is 27.3. The van der Waals surface area contributed by atoms with Crippen molar-refractivity contribution in [1.82, 2.24) is 14.8 Å². The van der Waals surface area contributed by atoms with Gasteiger partial charge in [-0.05, 0) is 36.8 Å². The molecule has 2 fully saturated rings. The van der Waals surface area contributed by atoms with E-state index in [0.717, 1.165) is 25.3 Å². The second-order valence-corrected chi connectivity index (χ2v) is 10.4. The highest BCUT2D eigenvalue weighted by molar-refractivity contribution is 5.99. The van der Waals surface area contributed by atoms with Crippen LogP contribution in [-0.2, 0) is 17.8 Å². The predicted octanol–water partition coefficient (Wildman–Crippen LogP) is 3.53. The maximum atomic E-state index is 13.9. The standard InChI is InChI=1S/C29H27F2N3O5/c30-20-8-6-18(22(31)11-20)12-32-28(37)21-13-33-14-24-34(29(38)25(33)27(36)26(21)35)23-9-7-17(10-19(23)15-39-24)16-4-2-1-3-5-16/h1-6,8,11,13,17,19,23-24,36H,7,9-10,12,14-15H2,(H,32,37)/t17-,19-,23-,24+/m0/s1. The van der Waals surface area contributed by atoms with Crippen LogP contribution in [0.3, 0.4) is 0 Å². The first-order valence-corrected chi connectivity index (χ1v) is 13.0. The maximum absolute atomic E-state index is 13.9. The van der Waals surface area contributed by atoms with Gasteiger partial charge in [-0.15, -0.1) is 0 Å². The number of benzene rings is 2. The van der Waals surface area contributed by atoms with Crippen LogP contribution in [0.25, 0.3) is 0 Å². The number of carbonyl (C=O) groups is 2. The molecule has 3 aliphatic rings. The molecule has 2 amide bonds. The monoisotopic (exact) mass is 535 g/mol. The molecule has 4 atom stereocenters. The molecule has 2 aromatic carbocycles. The molecule has 2 aliphatic heterocycles. The summed E-state index contributed by atoms with van der Waals surface area (Å²) in [7, 11) is 0. The van der Waals surface area contributed by atoms with Crippen LogP contribution in [0.4, 0.5) is 8.78 Å². The van der Waals surface area contributed by atoms with Gasteiger partial charge in [0.25, 0.3) is 11.8 Å². The number of rotatable bonds is 4. The van der Waals surface area contributed by atoms with Crippen LogP contribution in [0.2, 0.25) is 0 Å². The summed E-state index contributed by atoms with van der Waals surface area (Å²) >= 11 is 0. The topological polar surface area (TPSA) is 101 Å². The number of pyridine rings is 1. The first-order valence-electron chi connectivity index (χ1n) is 13.0. The second kappa shape index (κ2) is 9.92. The molecule has 1 aliphatic carbocycles. The zero-order valence-corrected chi connectivity index (χ0v) is 21.0. The Morgan fingerprint density at radius 2 is 1.90 bits per heavy atom. The Morgan fingerprint density at radius 1 is 1.10 bits per heavy atom. The molecule has 202 valence electrons. The number of aromatic nitrogens is 1. The molecule has 39 heavy (non-hydrogen) atoms. The maximum Gasteiger partial charge on any atom is 0.276 e. The van der Waals surface area contributed by atoms with Gasteiger partial charge in [-0.25, -0.2) is 8.78 Å². The van der Waals surface area contributed by atoms with E-state index in [1.54, 1.807) is 4.90 Å². The first-order chi connectivity index (χ1) is 18.8. The van der Waals surface area contributed by atoms with E-state index in [-0.39, 0.29) is 36.3 Å². The fraction of sp³-hybridized carbons (Fsp3) is 0.345. The number of aromatic hydroxyl groups is 1. The highest BCUT2D eigenvalue weighted by Gasteiger charge is 2.48. The van der Waals surface area contributed by atoms with E-state index in [0.29, 0.717) is 18.6 Å². The summed E-state index contributed by atoms with van der Waals surface area (Å²) in [5, 5.41) is 13.2. The Morgan fingerprint density at radius 3 is 2.67 bits per heavy atom. The van der Waals surface area contributed by atoms with Gasteiger partial charge in [0, 0.05) is 36.3 Å². The van der Waals surface area contributed by atoms with Crippen LogP contribution in [0.15, 0.2) is 59.5 Å². The van der Waals surface area contributed by atoms with Crippen molar-refractivity contribution in [3.63, 3.8) is 0 Å². The Kier molecular flexibility index (Phi) is 6.42. The van der Waals surface area contributed by atoms with Gasteiger partial charge in [-0.1, -0.05) is 36.4 Å². The molecule has 10 heteroatoms. The molecule has 8 nitrogen and oxygen atoms in total. The normalized spacial score (nSPS) is 23.9. The summed E-state index contributed by atoms with van der Waals surface area (Å²) in [4.78, 5) is 41.0. The third-order valence-electron chi connectivity index (χ3n) is 8.13. The molecular formula is C29H27F2N3O5. The largest absolute Gasteiger partial charge is 0.503 e. The number of ether oxygens (including phenoxy) is 1. The van der Waals surface area contributed by atoms with E-state index < -0.39 is 46.4 Å². The SMILES string of the molecule is O=C(NCc1ccc(F)cc1F)c1cn2c(c(O)c1=O)C(=O)N1[C@@H](C2)OC[C@@H]2C[C@@H](c3ccccc3)CC[C@@H]21. The minimum Gasteiger partial charge on any atom is -0.503 e. The van der Waals surface area contributed by atoms with Gasteiger partial charge in [-0.2, -0.15) is 0 Å². The Hall–Kier alpha value is -4.05. The molecule has 2 N–H and O–H groups in total. The summed E-state index contributed by atoms with van der Waals surface area (Å²) in [5.74, 6) is -3.25. The zero-order valence-electron chi connectivity index (χ0n) is 21.0. The van der Waals surface area contributed by atoms with Crippen molar-refractivity contribution in [2.45, 2.75) is 50.5 Å². The lowest BCUT2D eigenvalue weighted by molar-refractivity contribution is -0.151. The Balaban J connectivity index is 1.23. The van der Waals surface area contributed by atoms with E-state index >= 15 is 0 Å². The van der Waals surface area contributed by atoms with Crippen LogP contribution in [0, 0.1) is 17.6 Å². The highest BCUT2D eigenvalue weighted by atomic mass is 19.1. The van der Waals surface area contributed by atoms with E-state index in [1.807, 2.05) is 18.2 Å². The number of nitrogens with one attached hydrogen (secondary N) is 1. The molecule has 1 aromatic heterocycles. The molecule has 3 heterocycles.